The van der Waals surface area contributed by atoms with Crippen molar-refractivity contribution in [1.82, 2.24) is 9.55 Å². The zero-order chi connectivity index (χ0) is 23.9. The number of rotatable bonds is 6. The van der Waals surface area contributed by atoms with Crippen molar-refractivity contribution in [3.05, 3.63) is 84.9 Å². The number of nitrogens with zero attached hydrogens (tertiary/aromatic N) is 1. The predicted octanol–water partition coefficient (Wildman–Crippen LogP) is 2.56. The summed E-state index contributed by atoms with van der Waals surface area (Å²) < 4.78 is 46.3. The van der Waals surface area contributed by atoms with E-state index in [4.69, 9.17) is 4.74 Å². The summed E-state index contributed by atoms with van der Waals surface area (Å²) in [6, 6.07) is 9.19. The fourth-order valence-electron chi connectivity index (χ4n) is 3.38. The van der Waals surface area contributed by atoms with Crippen molar-refractivity contribution in [3.8, 4) is 11.4 Å². The number of ether oxygens (including phenoxy) is 1. The molecule has 0 spiro atoms. The maximum Gasteiger partial charge on any atom is 0.346 e. The summed E-state index contributed by atoms with van der Waals surface area (Å²) in [7, 11) is -2.64. The van der Waals surface area contributed by atoms with E-state index in [-0.39, 0.29) is 20.7 Å². The average Bonchev–Trinajstić information content (AvgIpc) is 3.19. The Labute approximate surface area is 189 Å². The largest absolute Gasteiger partial charge is 0.496 e. The number of sulfone groups is 1. The highest BCUT2D eigenvalue weighted by molar-refractivity contribution is 7.90. The van der Waals surface area contributed by atoms with Crippen LogP contribution in [0.4, 0.5) is 4.39 Å². The van der Waals surface area contributed by atoms with Crippen molar-refractivity contribution < 1.29 is 27.4 Å². The van der Waals surface area contributed by atoms with Gasteiger partial charge in [-0.2, -0.15) is 0 Å². The molecule has 170 valence electrons. The first-order valence-electron chi connectivity index (χ1n) is 9.28. The van der Waals surface area contributed by atoms with Gasteiger partial charge in [0.15, 0.2) is 9.84 Å². The van der Waals surface area contributed by atoms with Crippen LogP contribution < -0.4 is 16.0 Å². The van der Waals surface area contributed by atoms with E-state index in [0.29, 0.717) is 15.9 Å². The van der Waals surface area contributed by atoms with Crippen molar-refractivity contribution >= 4 is 38.0 Å². The second kappa shape index (κ2) is 8.30. The Kier molecular flexibility index (Phi) is 5.64. The molecule has 0 saturated heterocycles. The summed E-state index contributed by atoms with van der Waals surface area (Å²) in [5, 5.41) is 10.3. The van der Waals surface area contributed by atoms with Crippen LogP contribution in [0.5, 0.6) is 5.75 Å². The van der Waals surface area contributed by atoms with Crippen molar-refractivity contribution in [3.63, 3.8) is 0 Å². The van der Waals surface area contributed by atoms with Crippen LogP contribution in [0.25, 0.3) is 16.6 Å². The van der Waals surface area contributed by atoms with Gasteiger partial charge >= 0.3 is 11.7 Å². The molecule has 4 rings (SSSR count). The number of hydrogen-bond acceptors (Lipinski definition) is 7. The Hall–Kier alpha value is -3.77. The van der Waals surface area contributed by atoms with Crippen LogP contribution in [0.3, 0.4) is 0 Å². The van der Waals surface area contributed by atoms with Crippen LogP contribution in [0.2, 0.25) is 0 Å². The van der Waals surface area contributed by atoms with Gasteiger partial charge in [0, 0.05) is 10.9 Å². The van der Waals surface area contributed by atoms with Gasteiger partial charge in [0.2, 0.25) is 0 Å². The predicted molar refractivity (Wildman–Crippen MR) is 119 cm³/mol. The fraction of sp³-hybridized carbons (Fsp3) is 0.0952. The average molecular weight is 490 g/mol. The molecule has 0 fully saturated rings. The van der Waals surface area contributed by atoms with Crippen LogP contribution >= 0.6 is 11.3 Å². The highest BCUT2D eigenvalue weighted by Gasteiger charge is 2.23. The van der Waals surface area contributed by atoms with Gasteiger partial charge in [0.05, 0.1) is 34.3 Å². The number of aromatic carboxylic acids is 1. The molecule has 0 bridgehead atoms. The first-order valence-corrected chi connectivity index (χ1v) is 11.8. The number of aromatic nitrogens is 2. The zero-order valence-electron chi connectivity index (χ0n) is 16.9. The molecule has 0 unspecified atom stereocenters. The Morgan fingerprint density at radius 2 is 1.94 bits per heavy atom. The molecule has 2 N–H and O–H groups in total. The summed E-state index contributed by atoms with van der Waals surface area (Å²) in [6.07, 6.45) is 0. The molecule has 9 nitrogen and oxygen atoms in total. The number of halogens is 1. The number of carboxylic acid groups (broad SMARTS) is 1. The zero-order valence-corrected chi connectivity index (χ0v) is 18.5. The molecule has 0 aliphatic rings. The lowest BCUT2D eigenvalue weighted by atomic mass is 10.2. The first kappa shape index (κ1) is 22.4. The monoisotopic (exact) mass is 490 g/mol. The van der Waals surface area contributed by atoms with Gasteiger partial charge in [-0.3, -0.25) is 4.79 Å². The molecular formula is C21H15FN2O7S2. The Morgan fingerprint density at radius 3 is 2.64 bits per heavy atom. The van der Waals surface area contributed by atoms with Crippen molar-refractivity contribution in [2.75, 3.05) is 7.11 Å². The van der Waals surface area contributed by atoms with Crippen molar-refractivity contribution in [2.45, 2.75) is 10.6 Å². The molecule has 4 aromatic rings. The number of hydrogen-bond donors (Lipinski definition) is 2. The number of para-hydroxylation sites is 1. The maximum absolute atomic E-state index is 14.7. The van der Waals surface area contributed by atoms with E-state index in [2.05, 4.69) is 4.98 Å². The van der Waals surface area contributed by atoms with E-state index in [9.17, 15) is 32.3 Å². The molecule has 0 aliphatic carbocycles. The smallest absolute Gasteiger partial charge is 0.346 e. The van der Waals surface area contributed by atoms with Crippen LogP contribution in [-0.4, -0.2) is 36.2 Å². The number of methoxy groups -OCH3 is 1. The number of carbonyl (C=O) groups is 1. The molecule has 2 aromatic heterocycles. The van der Waals surface area contributed by atoms with Gasteiger partial charge in [-0.25, -0.2) is 27.0 Å². The van der Waals surface area contributed by atoms with E-state index < -0.39 is 44.3 Å². The van der Waals surface area contributed by atoms with E-state index in [1.165, 1.54) is 12.5 Å². The Balaban J connectivity index is 1.89. The molecule has 2 heterocycles. The highest BCUT2D eigenvalue weighted by Crippen LogP contribution is 2.26. The highest BCUT2D eigenvalue weighted by atomic mass is 32.2. The van der Waals surface area contributed by atoms with Gasteiger partial charge in [-0.1, -0.05) is 18.2 Å². The normalized spacial score (nSPS) is 11.6. The van der Waals surface area contributed by atoms with Crippen LogP contribution in [0.15, 0.2) is 62.3 Å². The lowest BCUT2D eigenvalue weighted by Gasteiger charge is -2.11. The molecule has 0 saturated carbocycles. The van der Waals surface area contributed by atoms with Gasteiger partial charge < -0.3 is 14.8 Å². The Bertz CT molecular complexity index is 1630. The van der Waals surface area contributed by atoms with Crippen LogP contribution in [-0.2, 0) is 15.6 Å². The minimum Gasteiger partial charge on any atom is -0.496 e. The minimum atomic E-state index is -4.04. The number of nitrogens with one attached hydrogen (secondary N) is 1. The Morgan fingerprint density at radius 1 is 1.21 bits per heavy atom. The van der Waals surface area contributed by atoms with E-state index in [0.717, 1.165) is 29.5 Å². The summed E-state index contributed by atoms with van der Waals surface area (Å²) in [6.45, 7) is 0. The standard InChI is InChI=1S/C21H15FN2O7S2/c1-31-16-5-3-2-4-11(16)10-33(29,30)12-6-7-13(22)15(8-12)24-19(25)17-14(23-21(24)28)9-32-18(17)20(26)27/h2-9H,10H2,1H3,(H,23,28)(H,26,27). The molecule has 33 heavy (non-hydrogen) atoms. The summed E-state index contributed by atoms with van der Waals surface area (Å²) >= 11 is 0.729. The van der Waals surface area contributed by atoms with Gasteiger partial charge in [-0.15, -0.1) is 11.3 Å². The molecule has 0 amide bonds. The lowest BCUT2D eigenvalue weighted by molar-refractivity contribution is 0.0704. The number of carboxylic acids is 1. The number of fused-ring (bicyclic) bond motifs is 1. The number of aromatic amines is 1. The summed E-state index contributed by atoms with van der Waals surface area (Å²) in [4.78, 5) is 38.6. The number of thiophene rings is 1. The lowest BCUT2D eigenvalue weighted by Crippen LogP contribution is -2.34. The summed E-state index contributed by atoms with van der Waals surface area (Å²) in [5.74, 6) is -2.55. The molecular weight excluding hydrogens is 475 g/mol. The van der Waals surface area contributed by atoms with Crippen molar-refractivity contribution in [1.29, 1.82) is 0 Å². The molecule has 0 atom stereocenters. The topological polar surface area (TPSA) is 136 Å². The fourth-order valence-corrected chi connectivity index (χ4v) is 5.59. The third kappa shape index (κ3) is 3.94. The molecule has 2 aromatic carbocycles. The molecule has 0 radical (unpaired) electrons. The van der Waals surface area contributed by atoms with Gasteiger partial charge in [-0.05, 0) is 24.3 Å². The SMILES string of the molecule is COc1ccccc1CS(=O)(=O)c1ccc(F)c(-n2c(=O)[nH]c3csc(C(=O)O)c3c2=O)c1. The van der Waals surface area contributed by atoms with E-state index in [1.54, 1.807) is 24.3 Å². The van der Waals surface area contributed by atoms with Crippen LogP contribution in [0, 0.1) is 5.82 Å². The summed E-state index contributed by atoms with van der Waals surface area (Å²) in [5.41, 5.74) is -2.38. The second-order valence-corrected chi connectivity index (χ2v) is 9.78. The first-order chi connectivity index (χ1) is 15.6. The maximum atomic E-state index is 14.7. The minimum absolute atomic E-state index is 0.0102. The van der Waals surface area contributed by atoms with E-state index in [1.807, 2.05) is 0 Å². The van der Waals surface area contributed by atoms with Gasteiger partial charge in [0.25, 0.3) is 5.56 Å². The number of benzene rings is 2. The van der Waals surface area contributed by atoms with Crippen LogP contribution in [0.1, 0.15) is 15.2 Å². The number of H-pyrrole nitrogens is 1. The third-order valence-electron chi connectivity index (χ3n) is 4.90. The third-order valence-corrected chi connectivity index (χ3v) is 7.53. The second-order valence-electron chi connectivity index (χ2n) is 6.91. The van der Waals surface area contributed by atoms with E-state index >= 15 is 0 Å². The van der Waals surface area contributed by atoms with Crippen molar-refractivity contribution in [2.24, 2.45) is 0 Å². The molecule has 0 aliphatic heterocycles. The van der Waals surface area contributed by atoms with Gasteiger partial charge in [0.1, 0.15) is 16.4 Å². The molecule has 12 heteroatoms. The quantitative estimate of drug-likeness (QED) is 0.397.